The van der Waals surface area contributed by atoms with Crippen LogP contribution in [0.25, 0.3) is 17.2 Å². The quantitative estimate of drug-likeness (QED) is 0.615. The van der Waals surface area contributed by atoms with Crippen molar-refractivity contribution in [2.24, 2.45) is 0 Å². The summed E-state index contributed by atoms with van der Waals surface area (Å²) in [5, 5.41) is 0. The van der Waals surface area contributed by atoms with Gasteiger partial charge in [-0.25, -0.2) is 9.18 Å². The van der Waals surface area contributed by atoms with Crippen LogP contribution >= 0.6 is 0 Å². The minimum atomic E-state index is -0.455. The molecule has 1 aliphatic rings. The molecule has 0 amide bonds. The van der Waals surface area contributed by atoms with E-state index in [9.17, 15) is 9.18 Å². The fourth-order valence-electron chi connectivity index (χ4n) is 2.45. The van der Waals surface area contributed by atoms with E-state index in [1.54, 1.807) is 6.07 Å². The van der Waals surface area contributed by atoms with Crippen molar-refractivity contribution in [1.29, 1.82) is 0 Å². The highest BCUT2D eigenvalue weighted by molar-refractivity contribution is 6.20. The van der Waals surface area contributed by atoms with Crippen LogP contribution in [0.15, 0.2) is 54.6 Å². The highest BCUT2D eigenvalue weighted by Crippen LogP contribution is 2.41. The number of hydrogen-bond acceptors (Lipinski definition) is 2. The summed E-state index contributed by atoms with van der Waals surface area (Å²) in [6.45, 7) is 0. The molecule has 2 nitrogen and oxygen atoms in total. The molecule has 0 radical (unpaired) electrons. The number of esters is 1. The number of carbonyl (C=O) groups excluding carboxylic acids is 1. The van der Waals surface area contributed by atoms with Crippen molar-refractivity contribution in [1.82, 2.24) is 0 Å². The lowest BCUT2D eigenvalue weighted by Crippen LogP contribution is -1.97. The number of rotatable bonds is 2. The number of methoxy groups -OCH3 is 1. The zero-order valence-electron chi connectivity index (χ0n) is 11.5. The first kappa shape index (κ1) is 13.3. The number of ether oxygens (including phenoxy) is 1. The second kappa shape index (κ2) is 5.37. The van der Waals surface area contributed by atoms with Gasteiger partial charge in [-0.15, -0.1) is 0 Å². The van der Waals surface area contributed by atoms with E-state index in [2.05, 4.69) is 0 Å². The fourth-order valence-corrected chi connectivity index (χ4v) is 2.45. The Morgan fingerprint density at radius 2 is 1.90 bits per heavy atom. The van der Waals surface area contributed by atoms with Crippen molar-refractivity contribution in [2.75, 3.05) is 7.11 Å². The smallest absolute Gasteiger partial charge is 0.331 e. The Bertz CT molecular complexity index is 758. The molecule has 0 bridgehead atoms. The zero-order chi connectivity index (χ0) is 14.8. The first-order valence-electron chi connectivity index (χ1n) is 6.56. The molecule has 0 atom stereocenters. The maximum atomic E-state index is 13.5. The third-order valence-corrected chi connectivity index (χ3v) is 3.44. The Kier molecular flexibility index (Phi) is 3.40. The lowest BCUT2D eigenvalue weighted by atomic mass is 9.97. The summed E-state index contributed by atoms with van der Waals surface area (Å²) >= 11 is 0. The average Bonchev–Trinajstić information content (AvgIpc) is 2.86. The number of hydrogen-bond donors (Lipinski definition) is 0. The van der Waals surface area contributed by atoms with Crippen LogP contribution in [0, 0.1) is 5.82 Å². The molecule has 0 saturated heterocycles. The number of benzene rings is 2. The fraction of sp³-hybridized carbons (Fsp3) is 0.0556. The van der Waals surface area contributed by atoms with Gasteiger partial charge in [-0.3, -0.25) is 0 Å². The number of allylic oxidation sites excluding steroid dienone is 2. The maximum absolute atomic E-state index is 13.5. The summed E-state index contributed by atoms with van der Waals surface area (Å²) in [5.74, 6) is -0.781. The van der Waals surface area contributed by atoms with Gasteiger partial charge in [0.2, 0.25) is 0 Å². The van der Waals surface area contributed by atoms with Crippen molar-refractivity contribution < 1.29 is 13.9 Å². The van der Waals surface area contributed by atoms with Crippen molar-refractivity contribution in [3.8, 4) is 0 Å². The molecule has 0 fully saturated rings. The van der Waals surface area contributed by atoms with Crippen LogP contribution < -0.4 is 0 Å². The number of halogens is 1. The molecule has 1 aliphatic carbocycles. The highest BCUT2D eigenvalue weighted by Gasteiger charge is 2.21. The van der Waals surface area contributed by atoms with E-state index in [4.69, 9.17) is 4.74 Å². The summed E-state index contributed by atoms with van der Waals surface area (Å²) in [7, 11) is 1.33. The molecule has 0 saturated carbocycles. The monoisotopic (exact) mass is 280 g/mol. The van der Waals surface area contributed by atoms with E-state index < -0.39 is 5.97 Å². The van der Waals surface area contributed by atoms with Gasteiger partial charge in [-0.05, 0) is 46.0 Å². The third-order valence-electron chi connectivity index (χ3n) is 3.44. The van der Waals surface area contributed by atoms with Gasteiger partial charge in [0.1, 0.15) is 5.82 Å². The Balaban J connectivity index is 2.17. The van der Waals surface area contributed by atoms with Gasteiger partial charge >= 0.3 is 5.97 Å². The molecule has 0 spiro atoms. The van der Waals surface area contributed by atoms with Crippen LogP contribution in [0.5, 0.6) is 0 Å². The number of carbonyl (C=O) groups is 1. The first-order chi connectivity index (χ1) is 10.2. The van der Waals surface area contributed by atoms with E-state index in [1.807, 2.05) is 36.4 Å². The van der Waals surface area contributed by atoms with Gasteiger partial charge in [0.15, 0.2) is 0 Å². The van der Waals surface area contributed by atoms with Gasteiger partial charge < -0.3 is 4.74 Å². The van der Waals surface area contributed by atoms with Crippen LogP contribution in [0.3, 0.4) is 0 Å². The minimum Gasteiger partial charge on any atom is -0.466 e. The van der Waals surface area contributed by atoms with E-state index in [0.717, 1.165) is 16.7 Å². The molecule has 0 heterocycles. The molecule has 3 heteroatoms. The van der Waals surface area contributed by atoms with Gasteiger partial charge in [0.05, 0.1) is 7.11 Å². The highest BCUT2D eigenvalue weighted by atomic mass is 19.1. The summed E-state index contributed by atoms with van der Waals surface area (Å²) in [4.78, 5) is 11.6. The summed E-state index contributed by atoms with van der Waals surface area (Å²) in [6, 6.07) is 14.3. The standard InChI is InChI=1S/C18H13FO2/c1-21-18(20)11-17-15(12-5-3-2-4-6-12)9-13-7-8-14(19)10-16(13)17/h2-11H,1H3/b17-11+. The van der Waals surface area contributed by atoms with Crippen molar-refractivity contribution in [3.05, 3.63) is 77.1 Å². The van der Waals surface area contributed by atoms with Crippen LogP contribution in [-0.2, 0) is 9.53 Å². The second-order valence-corrected chi connectivity index (χ2v) is 4.74. The zero-order valence-corrected chi connectivity index (χ0v) is 11.5. The Labute approximate surface area is 122 Å². The Hall–Kier alpha value is -2.68. The van der Waals surface area contributed by atoms with Crippen LogP contribution in [0.1, 0.15) is 16.7 Å². The van der Waals surface area contributed by atoms with Crippen LogP contribution in [0.4, 0.5) is 4.39 Å². The van der Waals surface area contributed by atoms with Gasteiger partial charge in [0, 0.05) is 6.08 Å². The summed E-state index contributed by atoms with van der Waals surface area (Å²) in [5.41, 5.74) is 4.15. The maximum Gasteiger partial charge on any atom is 0.331 e. The lowest BCUT2D eigenvalue weighted by molar-refractivity contribution is -0.134. The molecule has 2 aromatic carbocycles. The van der Waals surface area contributed by atoms with Gasteiger partial charge in [0.25, 0.3) is 0 Å². The Morgan fingerprint density at radius 1 is 1.14 bits per heavy atom. The van der Waals surface area contributed by atoms with Crippen molar-refractivity contribution >= 4 is 23.2 Å². The number of fused-ring (bicyclic) bond motifs is 1. The molecular formula is C18H13FO2. The molecule has 104 valence electrons. The van der Waals surface area contributed by atoms with E-state index >= 15 is 0 Å². The van der Waals surface area contributed by atoms with Gasteiger partial charge in [-0.1, -0.05) is 36.4 Å². The average molecular weight is 280 g/mol. The predicted octanol–water partition coefficient (Wildman–Crippen LogP) is 3.94. The molecule has 0 unspecified atom stereocenters. The molecular weight excluding hydrogens is 267 g/mol. The van der Waals surface area contributed by atoms with E-state index in [-0.39, 0.29) is 5.82 Å². The SMILES string of the molecule is COC(=O)/C=C1\C(c2ccccc2)=Cc2ccc(F)cc21. The normalized spacial score (nSPS) is 14.8. The van der Waals surface area contributed by atoms with Crippen molar-refractivity contribution in [3.63, 3.8) is 0 Å². The summed E-state index contributed by atoms with van der Waals surface area (Å²) < 4.78 is 18.2. The second-order valence-electron chi connectivity index (χ2n) is 4.74. The molecule has 0 aliphatic heterocycles. The molecule has 0 aromatic heterocycles. The molecule has 3 rings (SSSR count). The van der Waals surface area contributed by atoms with Gasteiger partial charge in [-0.2, -0.15) is 0 Å². The molecule has 0 N–H and O–H groups in total. The molecule has 2 aromatic rings. The predicted molar refractivity (Wildman–Crippen MR) is 80.7 cm³/mol. The molecule has 21 heavy (non-hydrogen) atoms. The van der Waals surface area contributed by atoms with Crippen molar-refractivity contribution in [2.45, 2.75) is 0 Å². The topological polar surface area (TPSA) is 26.3 Å². The lowest BCUT2D eigenvalue weighted by Gasteiger charge is -2.07. The summed E-state index contributed by atoms with van der Waals surface area (Å²) in [6.07, 6.45) is 3.36. The largest absolute Gasteiger partial charge is 0.466 e. The Morgan fingerprint density at radius 3 is 2.62 bits per heavy atom. The third kappa shape index (κ3) is 2.50. The van der Waals surface area contributed by atoms with E-state index in [0.29, 0.717) is 11.1 Å². The van der Waals surface area contributed by atoms with E-state index in [1.165, 1.54) is 25.3 Å². The first-order valence-corrected chi connectivity index (χ1v) is 6.56. The van der Waals surface area contributed by atoms with Crippen LogP contribution in [0.2, 0.25) is 0 Å². The minimum absolute atomic E-state index is 0.327. The van der Waals surface area contributed by atoms with Crippen LogP contribution in [-0.4, -0.2) is 13.1 Å².